The first-order valence-electron chi connectivity index (χ1n) is 8.08. The molecule has 134 valence electrons. The molecular formula is C19H16ClNO4S. The van der Waals surface area contributed by atoms with Crippen molar-refractivity contribution in [2.45, 2.75) is 19.9 Å². The van der Waals surface area contributed by atoms with E-state index in [4.69, 9.17) is 16.3 Å². The van der Waals surface area contributed by atoms with Crippen LogP contribution in [0.3, 0.4) is 0 Å². The lowest BCUT2D eigenvalue weighted by molar-refractivity contribution is -0.137. The van der Waals surface area contributed by atoms with Gasteiger partial charge in [0.1, 0.15) is 5.03 Å². The molecular weight excluding hydrogens is 374 g/mol. The summed E-state index contributed by atoms with van der Waals surface area (Å²) in [6, 6.07) is 10.2. The smallest absolute Gasteiger partial charge is 0.338 e. The number of rotatable bonds is 6. The predicted octanol–water partition coefficient (Wildman–Crippen LogP) is 3.83. The van der Waals surface area contributed by atoms with Crippen molar-refractivity contribution >= 4 is 46.3 Å². The zero-order chi connectivity index (χ0) is 18.7. The minimum atomic E-state index is -0.508. The van der Waals surface area contributed by atoms with Crippen LogP contribution < -0.4 is 0 Å². The number of carbonyl (C=O) groups excluding carboxylic acids is 3. The quantitative estimate of drug-likeness (QED) is 0.556. The van der Waals surface area contributed by atoms with E-state index in [9.17, 15) is 14.4 Å². The Bertz CT molecular complexity index is 871. The van der Waals surface area contributed by atoms with Gasteiger partial charge >= 0.3 is 5.97 Å². The zero-order valence-electron chi connectivity index (χ0n) is 14.0. The number of halogens is 1. The number of benzene rings is 1. The highest BCUT2D eigenvalue weighted by Gasteiger charge is 2.38. The Morgan fingerprint density at radius 2 is 1.88 bits per heavy atom. The van der Waals surface area contributed by atoms with Crippen LogP contribution in [0.5, 0.6) is 0 Å². The van der Waals surface area contributed by atoms with Gasteiger partial charge in [-0.15, -0.1) is 11.3 Å². The van der Waals surface area contributed by atoms with E-state index < -0.39 is 17.8 Å². The molecule has 0 fully saturated rings. The summed E-state index contributed by atoms with van der Waals surface area (Å²) in [6.07, 6.45) is 0.753. The Balaban J connectivity index is 1.73. The molecule has 26 heavy (non-hydrogen) atoms. The number of ether oxygens (including phenoxy) is 1. The molecule has 0 saturated carbocycles. The fourth-order valence-electron chi connectivity index (χ4n) is 2.53. The fraction of sp³-hybridized carbons (Fsp3) is 0.211. The molecule has 0 N–H and O–H groups in total. The molecule has 0 unspecified atom stereocenters. The lowest BCUT2D eigenvalue weighted by atomic mass is 10.1. The van der Waals surface area contributed by atoms with Gasteiger partial charge < -0.3 is 4.74 Å². The average Bonchev–Trinajstić information content (AvgIpc) is 3.24. The van der Waals surface area contributed by atoms with Gasteiger partial charge in [0.25, 0.3) is 11.8 Å². The molecule has 1 aromatic heterocycles. The number of amides is 2. The summed E-state index contributed by atoms with van der Waals surface area (Å²) in [4.78, 5) is 38.6. The summed E-state index contributed by atoms with van der Waals surface area (Å²) in [5.74, 6) is -1.31. The summed E-state index contributed by atoms with van der Waals surface area (Å²) >= 11 is 7.46. The first-order chi connectivity index (χ1) is 12.5. The first kappa shape index (κ1) is 18.4. The molecule has 0 saturated heterocycles. The molecule has 1 aliphatic heterocycles. The summed E-state index contributed by atoms with van der Waals surface area (Å²) < 4.78 is 5.07. The minimum Gasteiger partial charge on any atom is -0.462 e. The van der Waals surface area contributed by atoms with Crippen LogP contribution in [0.1, 0.15) is 34.1 Å². The van der Waals surface area contributed by atoms with Gasteiger partial charge in [0.05, 0.1) is 24.3 Å². The van der Waals surface area contributed by atoms with E-state index in [0.29, 0.717) is 17.0 Å². The van der Waals surface area contributed by atoms with Crippen LogP contribution in [0, 0.1) is 0 Å². The normalized spacial score (nSPS) is 14.3. The van der Waals surface area contributed by atoms with Gasteiger partial charge in [0.15, 0.2) is 0 Å². The second-order valence-corrected chi connectivity index (χ2v) is 7.02. The Kier molecular flexibility index (Phi) is 5.54. The average molecular weight is 390 g/mol. The summed E-state index contributed by atoms with van der Waals surface area (Å²) in [5, 5.41) is 1.76. The molecule has 0 radical (unpaired) electrons. The number of nitrogens with zero attached hydrogens (tertiary/aromatic N) is 1. The maximum Gasteiger partial charge on any atom is 0.338 e. The molecule has 0 spiro atoms. The molecule has 2 aromatic rings. The molecule has 3 rings (SSSR count). The van der Waals surface area contributed by atoms with Crippen LogP contribution in [0.4, 0.5) is 0 Å². The van der Waals surface area contributed by atoms with Crippen LogP contribution in [-0.2, 0) is 20.9 Å². The third kappa shape index (κ3) is 3.57. The van der Waals surface area contributed by atoms with Crippen molar-refractivity contribution in [2.24, 2.45) is 0 Å². The van der Waals surface area contributed by atoms with Crippen LogP contribution in [-0.4, -0.2) is 29.3 Å². The van der Waals surface area contributed by atoms with Crippen molar-refractivity contribution in [1.82, 2.24) is 4.90 Å². The highest BCUT2D eigenvalue weighted by Crippen LogP contribution is 2.34. The van der Waals surface area contributed by atoms with E-state index >= 15 is 0 Å². The number of hydrogen-bond acceptors (Lipinski definition) is 5. The van der Waals surface area contributed by atoms with Crippen LogP contribution in [0.25, 0.3) is 5.57 Å². The second-order valence-electron chi connectivity index (χ2n) is 5.70. The topological polar surface area (TPSA) is 63.7 Å². The number of carbonyl (C=O) groups is 3. The van der Waals surface area contributed by atoms with Crippen molar-refractivity contribution < 1.29 is 19.1 Å². The summed E-state index contributed by atoms with van der Waals surface area (Å²) in [5.41, 5.74) is 1.39. The van der Waals surface area contributed by atoms with E-state index in [1.807, 2.05) is 12.3 Å². The minimum absolute atomic E-state index is 0.0581. The number of esters is 1. The van der Waals surface area contributed by atoms with Gasteiger partial charge in [-0.05, 0) is 35.6 Å². The summed E-state index contributed by atoms with van der Waals surface area (Å²) in [7, 11) is 0. The van der Waals surface area contributed by atoms with Crippen LogP contribution in [0.15, 0.2) is 46.8 Å². The SMILES string of the molecule is CCCOC(=O)c1ccc(CN2C(=O)C(Cl)=C(c3cccs3)C2=O)cc1. The van der Waals surface area contributed by atoms with Gasteiger partial charge in [0.2, 0.25) is 0 Å². The monoisotopic (exact) mass is 389 g/mol. The van der Waals surface area contributed by atoms with Crippen molar-refractivity contribution in [2.75, 3.05) is 6.61 Å². The number of thiophene rings is 1. The highest BCUT2D eigenvalue weighted by molar-refractivity contribution is 7.11. The standard InChI is InChI=1S/C19H16ClNO4S/c1-2-9-25-19(24)13-7-5-12(6-8-13)11-21-17(22)15(16(20)18(21)23)14-4-3-10-26-14/h3-8,10H,2,9,11H2,1H3. The molecule has 1 aromatic carbocycles. The van der Waals surface area contributed by atoms with E-state index in [1.54, 1.807) is 36.4 Å². The van der Waals surface area contributed by atoms with E-state index in [0.717, 1.165) is 16.9 Å². The molecule has 2 heterocycles. The Labute approximate surface area is 159 Å². The number of hydrogen-bond donors (Lipinski definition) is 0. The van der Waals surface area contributed by atoms with Gasteiger partial charge in [-0.25, -0.2) is 4.79 Å². The van der Waals surface area contributed by atoms with Crippen molar-refractivity contribution in [3.8, 4) is 0 Å². The lowest BCUT2D eigenvalue weighted by Gasteiger charge is -2.15. The van der Waals surface area contributed by atoms with Crippen LogP contribution in [0.2, 0.25) is 0 Å². The van der Waals surface area contributed by atoms with Gasteiger partial charge in [-0.2, -0.15) is 0 Å². The van der Waals surface area contributed by atoms with Gasteiger partial charge in [0, 0.05) is 4.88 Å². The van der Waals surface area contributed by atoms with Crippen molar-refractivity contribution in [3.05, 3.63) is 62.8 Å². The van der Waals surface area contributed by atoms with E-state index in [1.165, 1.54) is 11.3 Å². The highest BCUT2D eigenvalue weighted by atomic mass is 35.5. The largest absolute Gasteiger partial charge is 0.462 e. The number of imide groups is 1. The maximum atomic E-state index is 12.6. The molecule has 0 atom stereocenters. The molecule has 0 bridgehead atoms. The van der Waals surface area contributed by atoms with Gasteiger partial charge in [-0.3, -0.25) is 14.5 Å². The van der Waals surface area contributed by atoms with Crippen molar-refractivity contribution in [3.63, 3.8) is 0 Å². The van der Waals surface area contributed by atoms with E-state index in [-0.39, 0.29) is 17.2 Å². The molecule has 2 amide bonds. The molecule has 5 nitrogen and oxygen atoms in total. The van der Waals surface area contributed by atoms with E-state index in [2.05, 4.69) is 0 Å². The lowest BCUT2D eigenvalue weighted by Crippen LogP contribution is -2.30. The van der Waals surface area contributed by atoms with Gasteiger partial charge in [-0.1, -0.05) is 36.7 Å². The Hall–Kier alpha value is -2.44. The van der Waals surface area contributed by atoms with Crippen molar-refractivity contribution in [1.29, 1.82) is 0 Å². The Morgan fingerprint density at radius 3 is 2.50 bits per heavy atom. The first-order valence-corrected chi connectivity index (χ1v) is 9.34. The third-order valence-electron chi connectivity index (χ3n) is 3.85. The molecule has 1 aliphatic rings. The molecule has 0 aliphatic carbocycles. The fourth-order valence-corrected chi connectivity index (χ4v) is 3.64. The Morgan fingerprint density at radius 1 is 1.15 bits per heavy atom. The second kappa shape index (κ2) is 7.85. The molecule has 7 heteroatoms. The maximum absolute atomic E-state index is 12.6. The predicted molar refractivity (Wildman–Crippen MR) is 99.7 cm³/mol. The zero-order valence-corrected chi connectivity index (χ0v) is 15.6. The summed E-state index contributed by atoms with van der Waals surface area (Å²) in [6.45, 7) is 2.38. The van der Waals surface area contributed by atoms with Crippen LogP contribution >= 0.6 is 22.9 Å². The third-order valence-corrected chi connectivity index (χ3v) is 5.08.